The molecule has 5 amide bonds. The number of nitrogens with zero attached hydrogens (tertiary/aromatic N) is 2. The van der Waals surface area contributed by atoms with Gasteiger partial charge in [0.2, 0.25) is 21.8 Å². The molecular weight excluding hydrogens is 678 g/mol. The topological polar surface area (TPSA) is 181 Å². The molecule has 0 bridgehead atoms. The van der Waals surface area contributed by atoms with E-state index >= 15 is 0 Å². The molecule has 5 aliphatic rings. The number of allylic oxidation sites excluding steroid dienone is 1. The number of sulfonamides is 1. The Morgan fingerprint density at radius 3 is 2.49 bits per heavy atom. The number of nitrogens with one attached hydrogen (secondary N) is 3. The van der Waals surface area contributed by atoms with Crippen molar-refractivity contribution in [3.63, 3.8) is 0 Å². The SMILES string of the molecule is CC(C)(C)OC(=O)N[C@H]1CCCCCC=C[C@@H]2C[C@@]2(C(=O)NS(=O)(=O)C2CC2)NC(=O)[C@@H]2C[C@@H](OC(=O)N3CCc4ccccc4C3)CN2C1=O. The Balaban J connectivity index is 1.25. The Morgan fingerprint density at radius 2 is 1.76 bits per heavy atom. The van der Waals surface area contributed by atoms with E-state index in [2.05, 4.69) is 15.4 Å². The Kier molecular flexibility index (Phi) is 10.4. The Bertz CT molecular complexity index is 1690. The largest absolute Gasteiger partial charge is 0.444 e. The number of benzene rings is 1. The molecule has 3 N–H and O–H groups in total. The van der Waals surface area contributed by atoms with Crippen LogP contribution >= 0.6 is 0 Å². The van der Waals surface area contributed by atoms with Gasteiger partial charge in [0.15, 0.2) is 0 Å². The fourth-order valence-corrected chi connectivity index (χ4v) is 8.53. The number of carbonyl (C=O) groups excluding carboxylic acids is 5. The van der Waals surface area contributed by atoms with E-state index < -0.39 is 80.4 Å². The molecule has 278 valence electrons. The molecule has 3 aliphatic heterocycles. The molecule has 2 saturated carbocycles. The van der Waals surface area contributed by atoms with Crippen LogP contribution in [0.5, 0.6) is 0 Å². The lowest BCUT2D eigenvalue weighted by atomic mass is 10.0. The smallest absolute Gasteiger partial charge is 0.410 e. The van der Waals surface area contributed by atoms with Crippen LogP contribution in [0.25, 0.3) is 0 Å². The molecule has 1 aromatic rings. The van der Waals surface area contributed by atoms with Crippen LogP contribution in [0.4, 0.5) is 9.59 Å². The minimum Gasteiger partial charge on any atom is -0.444 e. The molecule has 3 heterocycles. The lowest BCUT2D eigenvalue weighted by Crippen LogP contribution is -2.58. The summed E-state index contributed by atoms with van der Waals surface area (Å²) in [6.45, 7) is 5.85. The van der Waals surface area contributed by atoms with E-state index in [0.717, 1.165) is 24.0 Å². The molecule has 51 heavy (non-hydrogen) atoms. The van der Waals surface area contributed by atoms with E-state index in [9.17, 15) is 32.4 Å². The maximum Gasteiger partial charge on any atom is 0.410 e. The zero-order valence-electron chi connectivity index (χ0n) is 29.5. The van der Waals surface area contributed by atoms with Crippen LogP contribution in [0.15, 0.2) is 36.4 Å². The van der Waals surface area contributed by atoms with Crippen molar-refractivity contribution in [2.75, 3.05) is 13.1 Å². The number of alkyl carbamates (subject to hydrolysis) is 1. The number of hydrogen-bond acceptors (Lipinski definition) is 9. The van der Waals surface area contributed by atoms with Crippen molar-refractivity contribution >= 4 is 39.9 Å². The summed E-state index contributed by atoms with van der Waals surface area (Å²) in [4.78, 5) is 71.3. The maximum absolute atomic E-state index is 14.3. The van der Waals surface area contributed by atoms with Crippen molar-refractivity contribution in [3.8, 4) is 0 Å². The van der Waals surface area contributed by atoms with Crippen molar-refractivity contribution in [1.29, 1.82) is 0 Å². The first-order chi connectivity index (χ1) is 24.1. The van der Waals surface area contributed by atoms with Gasteiger partial charge in [-0.3, -0.25) is 19.1 Å². The van der Waals surface area contributed by atoms with E-state index in [1.165, 1.54) is 4.90 Å². The van der Waals surface area contributed by atoms with Gasteiger partial charge >= 0.3 is 12.2 Å². The van der Waals surface area contributed by atoms with Gasteiger partial charge in [0, 0.05) is 25.4 Å². The molecule has 6 rings (SSSR count). The van der Waals surface area contributed by atoms with Crippen LogP contribution in [0.2, 0.25) is 0 Å². The monoisotopic (exact) mass is 727 g/mol. The van der Waals surface area contributed by atoms with Crippen molar-refractivity contribution < 1.29 is 41.9 Å². The normalized spacial score (nSPS) is 28.5. The zero-order valence-corrected chi connectivity index (χ0v) is 30.3. The summed E-state index contributed by atoms with van der Waals surface area (Å²) in [6, 6.07) is 5.67. The van der Waals surface area contributed by atoms with Crippen LogP contribution in [0.3, 0.4) is 0 Å². The summed E-state index contributed by atoms with van der Waals surface area (Å²) in [6.07, 6.45) is 6.43. The third-order valence-electron chi connectivity index (χ3n) is 10.2. The highest BCUT2D eigenvalue weighted by Crippen LogP contribution is 2.46. The summed E-state index contributed by atoms with van der Waals surface area (Å²) in [7, 11) is -3.89. The van der Waals surface area contributed by atoms with Crippen molar-refractivity contribution in [2.45, 2.75) is 126 Å². The first-order valence-corrected chi connectivity index (χ1v) is 19.6. The average molecular weight is 728 g/mol. The van der Waals surface area contributed by atoms with E-state index in [1.54, 1.807) is 25.7 Å². The average Bonchev–Trinajstić information content (AvgIpc) is 3.99. The summed E-state index contributed by atoms with van der Waals surface area (Å²) < 4.78 is 39.1. The minimum atomic E-state index is -3.89. The number of fused-ring (bicyclic) bond motifs is 3. The summed E-state index contributed by atoms with van der Waals surface area (Å²) in [5, 5.41) is 4.89. The fourth-order valence-electron chi connectivity index (χ4n) is 7.17. The van der Waals surface area contributed by atoms with Crippen LogP contribution < -0.4 is 15.4 Å². The first-order valence-electron chi connectivity index (χ1n) is 18.0. The van der Waals surface area contributed by atoms with Gasteiger partial charge in [-0.15, -0.1) is 0 Å². The van der Waals surface area contributed by atoms with Crippen LogP contribution in [-0.4, -0.2) is 95.8 Å². The predicted molar refractivity (Wildman–Crippen MR) is 185 cm³/mol. The van der Waals surface area contributed by atoms with E-state index in [0.29, 0.717) is 45.2 Å². The molecule has 0 aromatic heterocycles. The molecule has 2 aliphatic carbocycles. The zero-order chi connectivity index (χ0) is 36.6. The first kappa shape index (κ1) is 36.6. The highest BCUT2D eigenvalue weighted by Gasteiger charge is 2.62. The molecule has 0 unspecified atom stereocenters. The molecule has 5 atom stereocenters. The Labute approximate surface area is 299 Å². The molecular formula is C36H49N5O9S. The minimum absolute atomic E-state index is 0.0501. The van der Waals surface area contributed by atoms with Gasteiger partial charge in [0.25, 0.3) is 5.91 Å². The van der Waals surface area contributed by atoms with Gasteiger partial charge in [-0.2, -0.15) is 0 Å². The van der Waals surface area contributed by atoms with Crippen LogP contribution in [-0.2, 0) is 46.8 Å². The number of amides is 5. The fraction of sp³-hybridized carbons (Fsp3) is 0.639. The van der Waals surface area contributed by atoms with E-state index in [-0.39, 0.29) is 25.8 Å². The number of carbonyl (C=O) groups is 5. The second kappa shape index (κ2) is 14.5. The van der Waals surface area contributed by atoms with Gasteiger partial charge in [0.1, 0.15) is 29.3 Å². The van der Waals surface area contributed by atoms with Gasteiger partial charge in [0.05, 0.1) is 11.8 Å². The summed E-state index contributed by atoms with van der Waals surface area (Å²) >= 11 is 0. The Hall–Kier alpha value is -4.14. The van der Waals surface area contributed by atoms with Crippen molar-refractivity contribution in [2.24, 2.45) is 5.92 Å². The Morgan fingerprint density at radius 1 is 1.02 bits per heavy atom. The van der Waals surface area contributed by atoms with Crippen molar-refractivity contribution in [1.82, 2.24) is 25.2 Å². The van der Waals surface area contributed by atoms with Gasteiger partial charge in [-0.05, 0) is 76.8 Å². The highest BCUT2D eigenvalue weighted by molar-refractivity contribution is 7.91. The molecule has 1 saturated heterocycles. The third-order valence-corrected chi connectivity index (χ3v) is 12.0. The molecule has 0 spiro atoms. The van der Waals surface area contributed by atoms with E-state index in [4.69, 9.17) is 9.47 Å². The molecule has 14 nitrogen and oxygen atoms in total. The van der Waals surface area contributed by atoms with Gasteiger partial charge < -0.3 is 29.9 Å². The number of hydrogen-bond donors (Lipinski definition) is 3. The quantitative estimate of drug-likeness (QED) is 0.385. The summed E-state index contributed by atoms with van der Waals surface area (Å²) in [5.41, 5.74) is -0.151. The molecule has 3 fully saturated rings. The maximum atomic E-state index is 14.3. The molecule has 15 heteroatoms. The van der Waals surface area contributed by atoms with Gasteiger partial charge in [-0.25, -0.2) is 18.0 Å². The van der Waals surface area contributed by atoms with E-state index in [1.807, 2.05) is 36.4 Å². The molecule has 0 radical (unpaired) electrons. The van der Waals surface area contributed by atoms with Crippen molar-refractivity contribution in [3.05, 3.63) is 47.5 Å². The highest BCUT2D eigenvalue weighted by atomic mass is 32.2. The number of ether oxygens (including phenoxy) is 2. The molecule has 1 aromatic carbocycles. The third kappa shape index (κ3) is 8.67. The van der Waals surface area contributed by atoms with Gasteiger partial charge in [-0.1, -0.05) is 49.3 Å². The predicted octanol–water partition coefficient (Wildman–Crippen LogP) is 3.05. The lowest BCUT2D eigenvalue weighted by Gasteiger charge is -2.30. The standard InChI is InChI=1S/C36H49N5O9S/c1-35(2,3)50-33(45)37-28-14-8-6-4-5-7-13-25-20-36(25,32(44)39-51(47,48)27-15-16-27)38-30(42)29-19-26(22-41(29)31(28)43)49-34(46)40-18-17-23-11-9-10-12-24(23)21-40/h7,9-13,25-29H,4-6,8,14-22H2,1-3H3,(H,37,45)(H,38,42)(H,39,44)/t25-,26-,28+,29+,36-/m1/s1. The summed E-state index contributed by atoms with van der Waals surface area (Å²) in [5.74, 6) is -2.46. The van der Waals surface area contributed by atoms with Crippen LogP contribution in [0.1, 0.15) is 89.7 Å². The lowest BCUT2D eigenvalue weighted by molar-refractivity contribution is -0.141. The number of rotatable bonds is 5. The second-order valence-electron chi connectivity index (χ2n) is 15.4. The second-order valence-corrected chi connectivity index (χ2v) is 17.4. The van der Waals surface area contributed by atoms with Crippen LogP contribution in [0, 0.1) is 5.92 Å².